The molecule has 164 valence electrons. The standard InChI is InChI=1S/C25H23ClN2O2S2/c1-15-2-11-20-21(14-15)32-25-22(20)24(29)27-23(28-25)16-3-7-18(8-4-16)30-12-13-31-19-9-5-17(26)6-10-19/h3-10,15H,2,11-14H2,1H3,(H,27,28,29)/t15-/m0/s1. The highest BCUT2D eigenvalue weighted by molar-refractivity contribution is 7.99. The van der Waals surface area contributed by atoms with Gasteiger partial charge in [0.25, 0.3) is 5.56 Å². The number of thioether (sulfide) groups is 1. The second-order valence-corrected chi connectivity index (χ2v) is 10.8. The molecule has 0 fully saturated rings. The zero-order valence-corrected chi connectivity index (χ0v) is 20.1. The SMILES string of the molecule is C[C@H]1CCc2c(sc3nc(-c4ccc(OCCSc5ccc(Cl)cc5)cc4)[nH]c(=O)c23)C1. The van der Waals surface area contributed by atoms with Gasteiger partial charge >= 0.3 is 0 Å². The van der Waals surface area contributed by atoms with Gasteiger partial charge in [-0.25, -0.2) is 4.98 Å². The summed E-state index contributed by atoms with van der Waals surface area (Å²) in [5.41, 5.74) is 2.06. The van der Waals surface area contributed by atoms with Crippen LogP contribution in [-0.4, -0.2) is 22.3 Å². The molecule has 0 bridgehead atoms. The molecule has 7 heteroatoms. The second kappa shape index (κ2) is 9.30. The molecule has 2 aromatic carbocycles. The van der Waals surface area contributed by atoms with Crippen molar-refractivity contribution < 1.29 is 4.74 Å². The Labute approximate surface area is 200 Å². The molecule has 4 aromatic rings. The molecule has 1 aliphatic rings. The molecule has 1 aliphatic carbocycles. The van der Waals surface area contributed by atoms with Gasteiger partial charge in [0.05, 0.1) is 12.0 Å². The maximum Gasteiger partial charge on any atom is 0.260 e. The number of rotatable bonds is 6. The van der Waals surface area contributed by atoms with Crippen molar-refractivity contribution in [3.8, 4) is 17.1 Å². The number of hydrogen-bond donors (Lipinski definition) is 1. The van der Waals surface area contributed by atoms with Gasteiger partial charge in [-0.2, -0.15) is 0 Å². The average molecular weight is 483 g/mol. The van der Waals surface area contributed by atoms with Gasteiger partial charge in [-0.3, -0.25) is 4.79 Å². The highest BCUT2D eigenvalue weighted by atomic mass is 35.5. The van der Waals surface area contributed by atoms with Crippen LogP contribution in [0.2, 0.25) is 5.02 Å². The van der Waals surface area contributed by atoms with E-state index in [1.165, 1.54) is 15.3 Å². The molecule has 2 aromatic heterocycles. The van der Waals surface area contributed by atoms with Gasteiger partial charge in [0, 0.05) is 26.1 Å². The number of halogens is 1. The van der Waals surface area contributed by atoms with E-state index >= 15 is 0 Å². The van der Waals surface area contributed by atoms with Crippen LogP contribution < -0.4 is 10.3 Å². The Morgan fingerprint density at radius 3 is 2.75 bits per heavy atom. The van der Waals surface area contributed by atoms with Crippen LogP contribution in [0.1, 0.15) is 23.8 Å². The highest BCUT2D eigenvalue weighted by Gasteiger charge is 2.23. The monoisotopic (exact) mass is 482 g/mol. The molecule has 0 saturated heterocycles. The van der Waals surface area contributed by atoms with Crippen LogP contribution in [0.25, 0.3) is 21.6 Å². The predicted molar refractivity (Wildman–Crippen MR) is 135 cm³/mol. The Hall–Kier alpha value is -2.28. The van der Waals surface area contributed by atoms with Crippen LogP contribution in [0.3, 0.4) is 0 Å². The topological polar surface area (TPSA) is 55.0 Å². The molecule has 2 heterocycles. The number of thiophene rings is 1. The van der Waals surface area contributed by atoms with Gasteiger partial charge in [-0.15, -0.1) is 23.1 Å². The fourth-order valence-corrected chi connectivity index (χ4v) is 6.28. The molecule has 0 saturated carbocycles. The van der Waals surface area contributed by atoms with Gasteiger partial charge in [0.2, 0.25) is 0 Å². The summed E-state index contributed by atoms with van der Waals surface area (Å²) in [6.45, 7) is 2.88. The third-order valence-corrected chi connectivity index (χ3v) is 8.10. The van der Waals surface area contributed by atoms with Crippen molar-refractivity contribution in [2.75, 3.05) is 12.4 Å². The largest absolute Gasteiger partial charge is 0.493 e. The number of aryl methyl sites for hydroxylation is 1. The molecule has 0 amide bonds. The van der Waals surface area contributed by atoms with Gasteiger partial charge in [0.15, 0.2) is 0 Å². The molecule has 0 unspecified atom stereocenters. The lowest BCUT2D eigenvalue weighted by Gasteiger charge is -2.17. The highest BCUT2D eigenvalue weighted by Crippen LogP contribution is 2.36. The predicted octanol–water partition coefficient (Wildman–Crippen LogP) is 6.60. The first-order valence-electron chi connectivity index (χ1n) is 10.7. The molecule has 4 nitrogen and oxygen atoms in total. The average Bonchev–Trinajstić information content (AvgIpc) is 3.16. The maximum atomic E-state index is 12.8. The Bertz CT molecular complexity index is 1300. The van der Waals surface area contributed by atoms with Crippen molar-refractivity contribution in [1.82, 2.24) is 9.97 Å². The van der Waals surface area contributed by atoms with Gasteiger partial charge in [0.1, 0.15) is 16.4 Å². The number of fused-ring (bicyclic) bond motifs is 3. The van der Waals surface area contributed by atoms with E-state index in [0.717, 1.165) is 51.6 Å². The smallest absolute Gasteiger partial charge is 0.260 e. The Balaban J connectivity index is 1.26. The van der Waals surface area contributed by atoms with Crippen LogP contribution >= 0.6 is 34.7 Å². The number of ether oxygens (including phenoxy) is 1. The Kier molecular flexibility index (Phi) is 6.26. The number of nitrogens with zero attached hydrogens (tertiary/aromatic N) is 1. The van der Waals surface area contributed by atoms with Gasteiger partial charge in [-0.1, -0.05) is 18.5 Å². The number of nitrogens with one attached hydrogen (secondary N) is 1. The minimum absolute atomic E-state index is 0.0309. The van der Waals surface area contributed by atoms with Crippen molar-refractivity contribution >= 4 is 44.9 Å². The fraction of sp³-hybridized carbons (Fsp3) is 0.280. The quantitative estimate of drug-likeness (QED) is 0.248. The van der Waals surface area contributed by atoms with Crippen LogP contribution in [0.15, 0.2) is 58.2 Å². The number of benzene rings is 2. The van der Waals surface area contributed by atoms with E-state index in [-0.39, 0.29) is 5.56 Å². The zero-order chi connectivity index (χ0) is 22.1. The van der Waals surface area contributed by atoms with Crippen LogP contribution in [-0.2, 0) is 12.8 Å². The van der Waals surface area contributed by atoms with Crippen LogP contribution in [0.4, 0.5) is 0 Å². The van der Waals surface area contributed by atoms with Gasteiger partial charge < -0.3 is 9.72 Å². The van der Waals surface area contributed by atoms with Crippen molar-refractivity contribution in [1.29, 1.82) is 0 Å². The van der Waals surface area contributed by atoms with Crippen molar-refractivity contribution in [2.24, 2.45) is 5.92 Å². The summed E-state index contributed by atoms with van der Waals surface area (Å²) in [4.78, 5) is 24.0. The third-order valence-electron chi connectivity index (χ3n) is 5.73. The minimum Gasteiger partial charge on any atom is -0.493 e. The molecule has 0 radical (unpaired) electrons. The second-order valence-electron chi connectivity index (χ2n) is 8.12. The third kappa shape index (κ3) is 4.58. The van der Waals surface area contributed by atoms with Crippen LogP contribution in [0, 0.1) is 5.92 Å². The molecular weight excluding hydrogens is 460 g/mol. The van der Waals surface area contributed by atoms with E-state index in [4.69, 9.17) is 21.3 Å². The van der Waals surface area contributed by atoms with Crippen LogP contribution in [0.5, 0.6) is 5.75 Å². The molecular formula is C25H23ClN2O2S2. The summed E-state index contributed by atoms with van der Waals surface area (Å²) in [6, 6.07) is 15.5. The first-order chi connectivity index (χ1) is 15.6. The normalized spacial score (nSPS) is 15.6. The Morgan fingerprint density at radius 1 is 1.19 bits per heavy atom. The summed E-state index contributed by atoms with van der Waals surface area (Å²) >= 11 is 9.33. The first kappa shape index (κ1) is 21.6. The van der Waals surface area contributed by atoms with E-state index in [9.17, 15) is 4.79 Å². The molecule has 5 rings (SSSR count). The summed E-state index contributed by atoms with van der Waals surface area (Å²) in [5.74, 6) is 2.93. The summed E-state index contributed by atoms with van der Waals surface area (Å²) in [6.07, 6.45) is 3.16. The molecule has 0 spiro atoms. The molecule has 1 N–H and O–H groups in total. The molecule has 0 aliphatic heterocycles. The van der Waals surface area contributed by atoms with E-state index in [1.54, 1.807) is 23.1 Å². The first-order valence-corrected chi connectivity index (χ1v) is 12.9. The van der Waals surface area contributed by atoms with E-state index in [1.807, 2.05) is 48.5 Å². The summed E-state index contributed by atoms with van der Waals surface area (Å²) in [7, 11) is 0. The van der Waals surface area contributed by atoms with Gasteiger partial charge in [-0.05, 0) is 79.3 Å². The number of aromatic amines is 1. The van der Waals surface area contributed by atoms with E-state index in [2.05, 4.69) is 11.9 Å². The van der Waals surface area contributed by atoms with Crippen molar-refractivity contribution in [3.05, 3.63) is 74.3 Å². The number of aromatic nitrogens is 2. The van der Waals surface area contributed by atoms with E-state index < -0.39 is 0 Å². The lowest BCUT2D eigenvalue weighted by molar-refractivity contribution is 0.344. The Morgan fingerprint density at radius 2 is 1.97 bits per heavy atom. The zero-order valence-electron chi connectivity index (χ0n) is 17.7. The van der Waals surface area contributed by atoms with Crippen molar-refractivity contribution in [2.45, 2.75) is 31.1 Å². The minimum atomic E-state index is -0.0309. The molecule has 32 heavy (non-hydrogen) atoms. The number of hydrogen-bond acceptors (Lipinski definition) is 5. The van der Waals surface area contributed by atoms with Crippen molar-refractivity contribution in [3.63, 3.8) is 0 Å². The lowest BCUT2D eigenvalue weighted by Crippen LogP contribution is -2.13. The lowest BCUT2D eigenvalue weighted by atomic mass is 9.89. The fourth-order valence-electron chi connectivity index (χ4n) is 4.04. The molecule has 1 atom stereocenters. The summed E-state index contributed by atoms with van der Waals surface area (Å²) in [5, 5.41) is 1.53. The van der Waals surface area contributed by atoms with E-state index in [0.29, 0.717) is 18.3 Å². The maximum absolute atomic E-state index is 12.8. The number of H-pyrrole nitrogens is 1. The summed E-state index contributed by atoms with van der Waals surface area (Å²) < 4.78 is 5.86.